The predicted octanol–water partition coefficient (Wildman–Crippen LogP) is 2.30. The number of aryl methyl sites for hydroxylation is 3. The molecular weight excluding hydrogens is 364 g/mol. The van der Waals surface area contributed by atoms with Gasteiger partial charge in [0, 0.05) is 24.9 Å². The van der Waals surface area contributed by atoms with Crippen molar-refractivity contribution in [2.45, 2.75) is 45.6 Å². The lowest BCUT2D eigenvalue weighted by Gasteiger charge is -2.12. The molecule has 0 amide bonds. The molecule has 0 aliphatic heterocycles. The lowest BCUT2D eigenvalue weighted by atomic mass is 10.1. The molecule has 0 aliphatic rings. The Hall–Kier alpha value is -2.35. The van der Waals surface area contributed by atoms with E-state index < -0.39 is 9.84 Å². The minimum Gasteiger partial charge on any atom is -0.361 e. The number of hydrogen-bond acceptors (Lipinski definition) is 5. The van der Waals surface area contributed by atoms with Gasteiger partial charge in [0.15, 0.2) is 15.8 Å². The molecule has 1 aromatic heterocycles. The highest BCUT2D eigenvalue weighted by Crippen LogP contribution is 2.17. The zero-order valence-corrected chi connectivity index (χ0v) is 17.4. The summed E-state index contributed by atoms with van der Waals surface area (Å²) in [4.78, 5) is 4.95. The van der Waals surface area contributed by atoms with E-state index in [0.717, 1.165) is 41.1 Å². The summed E-state index contributed by atoms with van der Waals surface area (Å²) in [5, 5.41) is 10.5. The highest BCUT2D eigenvalue weighted by Gasteiger charge is 2.11. The lowest BCUT2D eigenvalue weighted by molar-refractivity contribution is 0.392. The Balaban J connectivity index is 2.01. The Labute approximate surface area is 161 Å². The third-order valence-electron chi connectivity index (χ3n) is 4.25. The zero-order valence-electron chi connectivity index (χ0n) is 16.6. The molecule has 2 N–H and O–H groups in total. The number of rotatable bonds is 7. The van der Waals surface area contributed by atoms with E-state index in [0.29, 0.717) is 23.9 Å². The van der Waals surface area contributed by atoms with E-state index >= 15 is 0 Å². The van der Waals surface area contributed by atoms with Crippen LogP contribution in [0.25, 0.3) is 0 Å². The maximum absolute atomic E-state index is 11.7. The number of benzene rings is 1. The van der Waals surface area contributed by atoms with Crippen molar-refractivity contribution in [3.8, 4) is 0 Å². The Morgan fingerprint density at radius 3 is 2.52 bits per heavy atom. The summed E-state index contributed by atoms with van der Waals surface area (Å²) in [5.74, 6) is 1.56. The van der Waals surface area contributed by atoms with Crippen LogP contribution in [0.1, 0.15) is 35.1 Å². The fraction of sp³-hybridized carbons (Fsp3) is 0.474. The quantitative estimate of drug-likeness (QED) is 0.554. The molecule has 0 saturated heterocycles. The standard InChI is InChI=1S/C19H28N4O3S/c1-6-20-19(21-10-9-17-14(3)23-26-15(17)4)22-12-16-7-8-18(13(2)11-16)27(5,24)25/h7-8,11H,6,9-10,12H2,1-5H3,(H2,20,21,22). The van der Waals surface area contributed by atoms with Crippen molar-refractivity contribution < 1.29 is 12.9 Å². The Morgan fingerprint density at radius 1 is 1.22 bits per heavy atom. The van der Waals surface area contributed by atoms with Gasteiger partial charge in [0.25, 0.3) is 0 Å². The molecule has 1 aromatic carbocycles. The Morgan fingerprint density at radius 2 is 1.96 bits per heavy atom. The molecule has 0 aliphatic carbocycles. The maximum Gasteiger partial charge on any atom is 0.191 e. The van der Waals surface area contributed by atoms with Gasteiger partial charge in [-0.3, -0.25) is 0 Å². The summed E-state index contributed by atoms with van der Waals surface area (Å²) in [6.45, 7) is 9.59. The van der Waals surface area contributed by atoms with Crippen LogP contribution >= 0.6 is 0 Å². The highest BCUT2D eigenvalue weighted by atomic mass is 32.2. The SMILES string of the molecule is CCNC(=NCc1ccc(S(C)(=O)=O)c(C)c1)NCCc1c(C)noc1C. The van der Waals surface area contributed by atoms with Crippen LogP contribution in [0.15, 0.2) is 32.6 Å². The number of aromatic nitrogens is 1. The van der Waals surface area contributed by atoms with Crippen molar-refractivity contribution in [2.75, 3.05) is 19.3 Å². The first-order valence-electron chi connectivity index (χ1n) is 8.96. The van der Waals surface area contributed by atoms with Gasteiger partial charge in [-0.25, -0.2) is 13.4 Å². The topological polar surface area (TPSA) is 96.6 Å². The molecule has 0 radical (unpaired) electrons. The average molecular weight is 393 g/mol. The molecule has 8 heteroatoms. The van der Waals surface area contributed by atoms with Crippen LogP contribution in [0.3, 0.4) is 0 Å². The van der Waals surface area contributed by atoms with Crippen LogP contribution in [0.5, 0.6) is 0 Å². The molecule has 0 unspecified atom stereocenters. The lowest BCUT2D eigenvalue weighted by Crippen LogP contribution is -2.38. The van der Waals surface area contributed by atoms with Crippen molar-refractivity contribution in [1.29, 1.82) is 0 Å². The third kappa shape index (κ3) is 5.82. The van der Waals surface area contributed by atoms with E-state index in [2.05, 4.69) is 20.8 Å². The summed E-state index contributed by atoms with van der Waals surface area (Å²) in [7, 11) is -3.20. The predicted molar refractivity (Wildman–Crippen MR) is 107 cm³/mol. The number of sulfone groups is 1. The zero-order chi connectivity index (χ0) is 20.0. The van der Waals surface area contributed by atoms with E-state index in [1.807, 2.05) is 26.8 Å². The van der Waals surface area contributed by atoms with Gasteiger partial charge in [-0.05, 0) is 51.3 Å². The van der Waals surface area contributed by atoms with Crippen molar-refractivity contribution in [2.24, 2.45) is 4.99 Å². The Bertz CT molecular complexity index is 898. The minimum absolute atomic E-state index is 0.361. The molecular formula is C19H28N4O3S. The monoisotopic (exact) mass is 392 g/mol. The Kier molecular flexibility index (Phi) is 7.01. The number of nitrogens with zero attached hydrogens (tertiary/aromatic N) is 2. The van der Waals surface area contributed by atoms with Crippen LogP contribution in [-0.4, -0.2) is 38.9 Å². The van der Waals surface area contributed by atoms with Crippen LogP contribution < -0.4 is 10.6 Å². The molecule has 0 atom stereocenters. The number of guanidine groups is 1. The van der Waals surface area contributed by atoms with E-state index in [1.54, 1.807) is 19.1 Å². The number of aliphatic imine (C=N–C) groups is 1. The van der Waals surface area contributed by atoms with Crippen LogP contribution in [-0.2, 0) is 22.8 Å². The average Bonchev–Trinajstić information content (AvgIpc) is 2.90. The minimum atomic E-state index is -3.20. The molecule has 7 nitrogen and oxygen atoms in total. The van der Waals surface area contributed by atoms with Crippen LogP contribution in [0.4, 0.5) is 0 Å². The van der Waals surface area contributed by atoms with Gasteiger partial charge in [0.05, 0.1) is 17.1 Å². The number of hydrogen-bond donors (Lipinski definition) is 2. The molecule has 27 heavy (non-hydrogen) atoms. The second-order valence-electron chi connectivity index (χ2n) is 6.55. The van der Waals surface area contributed by atoms with Gasteiger partial charge < -0.3 is 15.2 Å². The fourth-order valence-corrected chi connectivity index (χ4v) is 3.86. The molecule has 1 heterocycles. The van der Waals surface area contributed by atoms with Crippen molar-refractivity contribution in [3.05, 3.63) is 46.3 Å². The molecule has 0 saturated carbocycles. The maximum atomic E-state index is 11.7. The first-order chi connectivity index (χ1) is 12.7. The first-order valence-corrected chi connectivity index (χ1v) is 10.8. The summed E-state index contributed by atoms with van der Waals surface area (Å²) >= 11 is 0. The van der Waals surface area contributed by atoms with Gasteiger partial charge in [-0.2, -0.15) is 0 Å². The molecule has 2 aromatic rings. The molecule has 2 rings (SSSR count). The summed E-state index contributed by atoms with van der Waals surface area (Å²) in [5.41, 5.74) is 3.73. The molecule has 0 spiro atoms. The van der Waals surface area contributed by atoms with Crippen molar-refractivity contribution in [1.82, 2.24) is 15.8 Å². The summed E-state index contributed by atoms with van der Waals surface area (Å²) in [6, 6.07) is 5.32. The largest absolute Gasteiger partial charge is 0.361 e. The molecule has 0 fully saturated rings. The summed E-state index contributed by atoms with van der Waals surface area (Å²) < 4.78 is 28.6. The van der Waals surface area contributed by atoms with Gasteiger partial charge >= 0.3 is 0 Å². The normalized spacial score (nSPS) is 12.3. The third-order valence-corrected chi connectivity index (χ3v) is 5.51. The van der Waals surface area contributed by atoms with Gasteiger partial charge in [0.1, 0.15) is 5.76 Å². The van der Waals surface area contributed by atoms with Gasteiger partial charge in [0.2, 0.25) is 0 Å². The van der Waals surface area contributed by atoms with Gasteiger partial charge in [-0.1, -0.05) is 17.3 Å². The van der Waals surface area contributed by atoms with Crippen LogP contribution in [0.2, 0.25) is 0 Å². The van der Waals surface area contributed by atoms with Crippen LogP contribution in [0, 0.1) is 20.8 Å². The van der Waals surface area contributed by atoms with E-state index in [-0.39, 0.29) is 0 Å². The molecule has 0 bridgehead atoms. The number of nitrogens with one attached hydrogen (secondary N) is 2. The smallest absolute Gasteiger partial charge is 0.191 e. The van der Waals surface area contributed by atoms with E-state index in [4.69, 9.17) is 4.52 Å². The second kappa shape index (κ2) is 9.03. The van der Waals surface area contributed by atoms with Gasteiger partial charge in [-0.15, -0.1) is 0 Å². The second-order valence-corrected chi connectivity index (χ2v) is 8.53. The molecule has 148 valence electrons. The van der Waals surface area contributed by atoms with E-state index in [1.165, 1.54) is 6.26 Å². The van der Waals surface area contributed by atoms with Crippen molar-refractivity contribution >= 4 is 15.8 Å². The fourth-order valence-electron chi connectivity index (χ4n) is 2.90. The summed E-state index contributed by atoms with van der Waals surface area (Å²) in [6.07, 6.45) is 2.02. The van der Waals surface area contributed by atoms with Crippen molar-refractivity contribution in [3.63, 3.8) is 0 Å². The highest BCUT2D eigenvalue weighted by molar-refractivity contribution is 7.90. The van der Waals surface area contributed by atoms with E-state index in [9.17, 15) is 8.42 Å². The first kappa shape index (κ1) is 21.0.